The van der Waals surface area contributed by atoms with Crippen molar-refractivity contribution in [1.82, 2.24) is 4.57 Å². The molecule has 0 amide bonds. The Morgan fingerprint density at radius 1 is 1.03 bits per heavy atom. The minimum absolute atomic E-state index is 0.111. The number of aromatic nitrogens is 1. The van der Waals surface area contributed by atoms with Crippen molar-refractivity contribution in [3.8, 4) is 17.0 Å². The lowest BCUT2D eigenvalue weighted by Gasteiger charge is -2.08. The van der Waals surface area contributed by atoms with E-state index < -0.39 is 16.0 Å². The lowest BCUT2D eigenvalue weighted by molar-refractivity contribution is 0.0734. The van der Waals surface area contributed by atoms with Gasteiger partial charge in [0.1, 0.15) is 5.75 Å². The van der Waals surface area contributed by atoms with Gasteiger partial charge in [0.05, 0.1) is 16.2 Å². The first-order chi connectivity index (χ1) is 16.4. The number of nitrogens with zero attached hydrogens (tertiary/aromatic N) is 2. The third-order valence-corrected chi connectivity index (χ3v) is 7.58. The fourth-order valence-electron chi connectivity index (χ4n) is 3.14. The predicted molar refractivity (Wildman–Crippen MR) is 136 cm³/mol. The molecule has 0 radical (unpaired) electrons. The fraction of sp³-hybridized carbons (Fsp3) is 0.0400. The van der Waals surface area contributed by atoms with E-state index in [-0.39, 0.29) is 4.90 Å². The molecule has 0 aliphatic rings. The highest BCUT2D eigenvalue weighted by Gasteiger charge is 2.15. The Kier molecular flexibility index (Phi) is 7.26. The summed E-state index contributed by atoms with van der Waals surface area (Å²) in [5.74, 6) is -0.0318. The number of carbonyl (C=O) groups is 1. The zero-order valence-corrected chi connectivity index (χ0v) is 21.0. The number of rotatable bonds is 7. The zero-order valence-electron chi connectivity index (χ0n) is 17.8. The van der Waals surface area contributed by atoms with Crippen LogP contribution in [0.15, 0.2) is 111 Å². The molecule has 34 heavy (non-hydrogen) atoms. The van der Waals surface area contributed by atoms with Crippen molar-refractivity contribution in [2.75, 3.05) is 0 Å². The van der Waals surface area contributed by atoms with Crippen LogP contribution < -0.4 is 9.54 Å². The molecule has 6 nitrogen and oxygen atoms in total. The summed E-state index contributed by atoms with van der Waals surface area (Å²) in [4.78, 5) is 12.7. The summed E-state index contributed by atoms with van der Waals surface area (Å²) in [5, 5.41) is 1.84. The number of benzene rings is 3. The lowest BCUT2D eigenvalue weighted by Crippen LogP contribution is -2.17. The number of halogens is 1. The van der Waals surface area contributed by atoms with Gasteiger partial charge in [-0.2, -0.15) is 8.42 Å². The van der Waals surface area contributed by atoms with Gasteiger partial charge in [-0.05, 0) is 66.2 Å². The summed E-state index contributed by atoms with van der Waals surface area (Å²) >= 11 is 4.53. The molecular formula is C25H19BrN2O4S2. The minimum atomic E-state index is -3.88. The first-order valence-corrected chi connectivity index (χ1v) is 13.2. The quantitative estimate of drug-likeness (QED) is 0.167. The molecule has 0 aliphatic carbocycles. The molecule has 3 aromatic carbocycles. The molecule has 9 heteroatoms. The van der Waals surface area contributed by atoms with E-state index in [0.717, 1.165) is 15.7 Å². The highest BCUT2D eigenvalue weighted by atomic mass is 79.9. The van der Waals surface area contributed by atoms with Gasteiger partial charge < -0.3 is 9.30 Å². The van der Waals surface area contributed by atoms with Crippen molar-refractivity contribution in [3.63, 3.8) is 0 Å². The zero-order chi connectivity index (χ0) is 24.1. The summed E-state index contributed by atoms with van der Waals surface area (Å²) in [6.07, 6.45) is 1.68. The average Bonchev–Trinajstić information content (AvgIpc) is 3.22. The molecule has 0 bridgehead atoms. The number of thiazole rings is 1. The van der Waals surface area contributed by atoms with Crippen molar-refractivity contribution in [3.05, 3.63) is 112 Å². The third-order valence-electron chi connectivity index (χ3n) is 4.79. The molecule has 1 aromatic heterocycles. The van der Waals surface area contributed by atoms with Crippen molar-refractivity contribution in [1.29, 1.82) is 0 Å². The summed E-state index contributed by atoms with van der Waals surface area (Å²) < 4.78 is 37.7. The SMILES string of the molecule is C=CCn1c(-c2ccc(OC(=O)c3ccccc3)cc2)csc1=NS(=O)(=O)c1ccc(Br)cc1. The Bertz CT molecular complexity index is 1490. The maximum absolute atomic E-state index is 12.8. The standard InChI is InChI=1S/C25H19BrN2O4S2/c1-2-16-28-23(17-33-25(28)27-34(30,31)22-14-10-20(26)11-15-22)18-8-12-21(13-9-18)32-24(29)19-6-4-3-5-7-19/h2-15,17H,1,16H2. The molecular weight excluding hydrogens is 536 g/mol. The number of ether oxygens (including phenoxy) is 1. The van der Waals surface area contributed by atoms with Gasteiger partial charge in [-0.15, -0.1) is 22.3 Å². The van der Waals surface area contributed by atoms with E-state index in [4.69, 9.17) is 4.74 Å². The molecule has 0 saturated carbocycles. The van der Waals surface area contributed by atoms with Crippen molar-refractivity contribution in [2.24, 2.45) is 4.40 Å². The van der Waals surface area contributed by atoms with Gasteiger partial charge >= 0.3 is 5.97 Å². The van der Waals surface area contributed by atoms with Crippen molar-refractivity contribution >= 4 is 43.3 Å². The number of carbonyl (C=O) groups excluding carboxylic acids is 1. The van der Waals surface area contributed by atoms with Gasteiger partial charge in [0.2, 0.25) is 4.80 Å². The molecule has 4 aromatic rings. The third kappa shape index (κ3) is 5.44. The van der Waals surface area contributed by atoms with E-state index >= 15 is 0 Å². The number of hydrogen-bond donors (Lipinski definition) is 0. The minimum Gasteiger partial charge on any atom is -0.423 e. The molecule has 0 N–H and O–H groups in total. The highest BCUT2D eigenvalue weighted by molar-refractivity contribution is 9.10. The first kappa shape index (κ1) is 23.9. The molecule has 0 fully saturated rings. The molecule has 1 heterocycles. The highest BCUT2D eigenvalue weighted by Crippen LogP contribution is 2.24. The van der Waals surface area contributed by atoms with E-state index in [2.05, 4.69) is 26.9 Å². The largest absolute Gasteiger partial charge is 0.423 e. The van der Waals surface area contributed by atoms with Gasteiger partial charge in [-0.1, -0.05) is 40.2 Å². The van der Waals surface area contributed by atoms with Gasteiger partial charge in [0.25, 0.3) is 10.0 Å². The predicted octanol–water partition coefficient (Wildman–Crippen LogP) is 5.67. The van der Waals surface area contributed by atoms with E-state index in [1.54, 1.807) is 59.2 Å². The lowest BCUT2D eigenvalue weighted by atomic mass is 10.1. The van der Waals surface area contributed by atoms with Crippen LogP contribution in [0.5, 0.6) is 5.75 Å². The maximum atomic E-state index is 12.8. The Morgan fingerprint density at radius 3 is 2.35 bits per heavy atom. The monoisotopic (exact) mass is 554 g/mol. The summed E-state index contributed by atoms with van der Waals surface area (Å²) in [6, 6.07) is 22.1. The molecule has 4 rings (SSSR count). The van der Waals surface area contributed by atoms with Crippen LogP contribution in [0.2, 0.25) is 0 Å². The van der Waals surface area contributed by atoms with Crippen LogP contribution in [-0.2, 0) is 16.6 Å². The van der Waals surface area contributed by atoms with Crippen LogP contribution in [0.3, 0.4) is 0 Å². The van der Waals surface area contributed by atoms with E-state index in [0.29, 0.717) is 22.7 Å². The number of hydrogen-bond acceptors (Lipinski definition) is 5. The average molecular weight is 555 g/mol. The van der Waals surface area contributed by atoms with E-state index in [1.807, 2.05) is 23.6 Å². The Hall–Kier alpha value is -3.27. The summed E-state index contributed by atoms with van der Waals surface area (Å²) in [7, 11) is -3.88. The van der Waals surface area contributed by atoms with Crippen LogP contribution in [0.4, 0.5) is 0 Å². The van der Waals surface area contributed by atoms with Crippen molar-refractivity contribution in [2.45, 2.75) is 11.4 Å². The molecule has 0 saturated heterocycles. The van der Waals surface area contributed by atoms with E-state index in [9.17, 15) is 13.2 Å². The van der Waals surface area contributed by atoms with Crippen LogP contribution in [0.1, 0.15) is 10.4 Å². The van der Waals surface area contributed by atoms with Crippen LogP contribution in [0.25, 0.3) is 11.3 Å². The molecule has 0 atom stereocenters. The van der Waals surface area contributed by atoms with Crippen LogP contribution >= 0.6 is 27.3 Å². The van der Waals surface area contributed by atoms with Gasteiger partial charge in [-0.3, -0.25) is 0 Å². The Morgan fingerprint density at radius 2 is 1.71 bits per heavy atom. The molecule has 172 valence electrons. The van der Waals surface area contributed by atoms with Crippen LogP contribution in [-0.4, -0.2) is 19.0 Å². The number of allylic oxidation sites excluding steroid dienone is 1. The van der Waals surface area contributed by atoms with Gasteiger partial charge in [0, 0.05) is 16.4 Å². The maximum Gasteiger partial charge on any atom is 0.343 e. The number of esters is 1. The molecule has 0 spiro atoms. The Balaban J connectivity index is 1.64. The molecule has 0 aliphatic heterocycles. The number of sulfonamides is 1. The van der Waals surface area contributed by atoms with Crippen molar-refractivity contribution < 1.29 is 17.9 Å². The second-order valence-corrected chi connectivity index (χ2v) is 10.5. The van der Waals surface area contributed by atoms with Crippen LogP contribution in [0, 0.1) is 0 Å². The molecule has 0 unspecified atom stereocenters. The van der Waals surface area contributed by atoms with E-state index in [1.165, 1.54) is 23.5 Å². The van der Waals surface area contributed by atoms with Gasteiger partial charge in [0.15, 0.2) is 0 Å². The second-order valence-electron chi connectivity index (χ2n) is 7.10. The Labute approximate surface area is 209 Å². The summed E-state index contributed by atoms with van der Waals surface area (Å²) in [6.45, 7) is 4.15. The topological polar surface area (TPSA) is 77.7 Å². The summed E-state index contributed by atoms with van der Waals surface area (Å²) in [5.41, 5.74) is 2.06. The first-order valence-electron chi connectivity index (χ1n) is 10.1. The normalized spacial score (nSPS) is 11.9. The second kappa shape index (κ2) is 10.3. The smallest absolute Gasteiger partial charge is 0.343 e. The fourth-order valence-corrected chi connectivity index (χ4v) is 5.54. The van der Waals surface area contributed by atoms with Gasteiger partial charge in [-0.25, -0.2) is 4.79 Å².